The molecule has 4 heteroatoms. The molecule has 2 N–H and O–H groups in total. The molecule has 1 aromatic rings. The minimum Gasteiger partial charge on any atom is -0.322 e. The fourth-order valence-corrected chi connectivity index (χ4v) is 3.19. The molecule has 0 amide bonds. The van der Waals surface area contributed by atoms with Crippen molar-refractivity contribution in [1.82, 2.24) is 9.78 Å². The maximum absolute atomic E-state index is 6.37. The van der Waals surface area contributed by atoms with Crippen LogP contribution in [0.4, 0.5) is 0 Å². The van der Waals surface area contributed by atoms with Gasteiger partial charge in [-0.1, -0.05) is 18.6 Å². The fourth-order valence-electron chi connectivity index (χ4n) is 2.60. The van der Waals surface area contributed by atoms with Crippen LogP contribution in [0.15, 0.2) is 22.3 Å². The van der Waals surface area contributed by atoms with E-state index in [2.05, 4.69) is 34.0 Å². The summed E-state index contributed by atoms with van der Waals surface area (Å²) >= 11 is 3.57. The number of halogens is 1. The number of nitrogens with two attached hydrogens (primary N) is 1. The first-order chi connectivity index (χ1) is 8.72. The van der Waals surface area contributed by atoms with E-state index < -0.39 is 0 Å². The standard InChI is InChI=1S/C14H22BrN3/c1-2-8-18-14(12(15)10-17-18)13(16)9-11-6-4-3-5-7-11/h6,10,13H,2-5,7-9,16H2,1H3. The Labute approximate surface area is 118 Å². The molecule has 1 aromatic heterocycles. The molecule has 0 saturated heterocycles. The zero-order valence-corrected chi connectivity index (χ0v) is 12.6. The summed E-state index contributed by atoms with van der Waals surface area (Å²) < 4.78 is 3.08. The minimum absolute atomic E-state index is 0.0535. The van der Waals surface area contributed by atoms with Crippen LogP contribution in [0.3, 0.4) is 0 Å². The number of nitrogens with zero attached hydrogens (tertiary/aromatic N) is 2. The summed E-state index contributed by atoms with van der Waals surface area (Å²) in [4.78, 5) is 0. The van der Waals surface area contributed by atoms with E-state index in [1.54, 1.807) is 0 Å². The van der Waals surface area contributed by atoms with Crippen molar-refractivity contribution in [3.05, 3.63) is 28.0 Å². The molecule has 1 aliphatic carbocycles. The van der Waals surface area contributed by atoms with Crippen LogP contribution in [0, 0.1) is 0 Å². The lowest BCUT2D eigenvalue weighted by atomic mass is 9.93. The number of aromatic nitrogens is 2. The number of allylic oxidation sites excluding steroid dienone is 1. The molecule has 0 fully saturated rings. The van der Waals surface area contributed by atoms with Crippen LogP contribution in [-0.2, 0) is 6.54 Å². The molecule has 3 nitrogen and oxygen atoms in total. The first-order valence-corrected chi connectivity index (χ1v) is 7.66. The van der Waals surface area contributed by atoms with Crippen LogP contribution >= 0.6 is 15.9 Å². The summed E-state index contributed by atoms with van der Waals surface area (Å²) in [5.74, 6) is 0. The molecular weight excluding hydrogens is 290 g/mol. The van der Waals surface area contributed by atoms with E-state index in [0.29, 0.717) is 0 Å². The zero-order valence-electron chi connectivity index (χ0n) is 11.0. The van der Waals surface area contributed by atoms with Crippen molar-refractivity contribution in [3.8, 4) is 0 Å². The third-order valence-corrected chi connectivity index (χ3v) is 4.10. The molecule has 100 valence electrons. The molecule has 0 saturated carbocycles. The van der Waals surface area contributed by atoms with Gasteiger partial charge in [0, 0.05) is 6.54 Å². The summed E-state index contributed by atoms with van der Waals surface area (Å²) in [5.41, 5.74) is 9.03. The van der Waals surface area contributed by atoms with Gasteiger partial charge >= 0.3 is 0 Å². The Balaban J connectivity index is 2.09. The van der Waals surface area contributed by atoms with E-state index in [0.717, 1.165) is 29.6 Å². The second-order valence-electron chi connectivity index (χ2n) is 5.02. The lowest BCUT2D eigenvalue weighted by Gasteiger charge is -2.19. The molecule has 18 heavy (non-hydrogen) atoms. The highest BCUT2D eigenvalue weighted by atomic mass is 79.9. The van der Waals surface area contributed by atoms with Gasteiger partial charge in [-0.2, -0.15) is 5.10 Å². The highest BCUT2D eigenvalue weighted by Crippen LogP contribution is 2.29. The average molecular weight is 312 g/mol. The van der Waals surface area contributed by atoms with E-state index in [4.69, 9.17) is 5.73 Å². The maximum Gasteiger partial charge on any atom is 0.0696 e. The minimum atomic E-state index is 0.0535. The second kappa shape index (κ2) is 6.53. The Morgan fingerprint density at radius 2 is 2.33 bits per heavy atom. The molecule has 2 rings (SSSR count). The fraction of sp³-hybridized carbons (Fsp3) is 0.643. The van der Waals surface area contributed by atoms with Crippen LogP contribution < -0.4 is 5.73 Å². The molecule has 0 spiro atoms. The largest absolute Gasteiger partial charge is 0.322 e. The lowest BCUT2D eigenvalue weighted by Crippen LogP contribution is -2.18. The van der Waals surface area contributed by atoms with Crippen molar-refractivity contribution in [2.75, 3.05) is 0 Å². The Morgan fingerprint density at radius 1 is 1.50 bits per heavy atom. The highest BCUT2D eigenvalue weighted by molar-refractivity contribution is 9.10. The summed E-state index contributed by atoms with van der Waals surface area (Å²) in [6.45, 7) is 3.10. The molecule has 0 aliphatic heterocycles. The molecule has 0 aromatic carbocycles. The lowest BCUT2D eigenvalue weighted by molar-refractivity contribution is 0.527. The van der Waals surface area contributed by atoms with Crippen LogP contribution in [0.5, 0.6) is 0 Å². The third kappa shape index (κ3) is 3.23. The summed E-state index contributed by atoms with van der Waals surface area (Å²) in [6.07, 6.45) is 11.4. The van der Waals surface area contributed by atoms with Gasteiger partial charge in [0.15, 0.2) is 0 Å². The molecule has 1 heterocycles. The van der Waals surface area contributed by atoms with Crippen molar-refractivity contribution in [2.45, 2.75) is 58.0 Å². The van der Waals surface area contributed by atoms with Crippen molar-refractivity contribution in [1.29, 1.82) is 0 Å². The van der Waals surface area contributed by atoms with Crippen LogP contribution in [0.2, 0.25) is 0 Å². The zero-order chi connectivity index (χ0) is 13.0. The molecular formula is C14H22BrN3. The summed E-state index contributed by atoms with van der Waals surface area (Å²) in [6, 6.07) is 0.0535. The normalized spacial score (nSPS) is 17.6. The Bertz CT molecular complexity index is 423. The second-order valence-corrected chi connectivity index (χ2v) is 5.87. The molecule has 1 aliphatic rings. The van der Waals surface area contributed by atoms with Gasteiger partial charge in [-0.05, 0) is 54.5 Å². The van der Waals surface area contributed by atoms with Gasteiger partial charge in [-0.3, -0.25) is 4.68 Å². The first-order valence-electron chi connectivity index (χ1n) is 6.87. The van der Waals surface area contributed by atoms with Gasteiger partial charge in [0.2, 0.25) is 0 Å². The van der Waals surface area contributed by atoms with Gasteiger partial charge in [-0.25, -0.2) is 0 Å². The Hall–Kier alpha value is -0.610. The summed E-state index contributed by atoms with van der Waals surface area (Å²) in [7, 11) is 0. The van der Waals surface area contributed by atoms with Gasteiger partial charge in [-0.15, -0.1) is 0 Å². The Kier molecular flexibility index (Phi) is 5.01. The van der Waals surface area contributed by atoms with E-state index in [1.807, 2.05) is 10.9 Å². The molecule has 0 bridgehead atoms. The predicted molar refractivity (Wildman–Crippen MR) is 78.3 cm³/mol. The van der Waals surface area contributed by atoms with Crippen LogP contribution in [0.1, 0.15) is 57.2 Å². The molecule has 1 atom stereocenters. The van der Waals surface area contributed by atoms with Gasteiger partial charge in [0.1, 0.15) is 0 Å². The van der Waals surface area contributed by atoms with Crippen LogP contribution in [-0.4, -0.2) is 9.78 Å². The highest BCUT2D eigenvalue weighted by Gasteiger charge is 2.18. The number of rotatable bonds is 5. The number of aryl methyl sites for hydroxylation is 1. The SMILES string of the molecule is CCCn1ncc(Br)c1C(N)CC1=CCCCC1. The van der Waals surface area contributed by atoms with Crippen LogP contribution in [0.25, 0.3) is 0 Å². The van der Waals surface area contributed by atoms with Gasteiger partial charge < -0.3 is 5.73 Å². The monoisotopic (exact) mass is 311 g/mol. The summed E-state index contributed by atoms with van der Waals surface area (Å²) in [5, 5.41) is 4.39. The number of hydrogen-bond donors (Lipinski definition) is 1. The quantitative estimate of drug-likeness (QED) is 0.837. The van der Waals surface area contributed by atoms with Crippen molar-refractivity contribution >= 4 is 15.9 Å². The third-order valence-electron chi connectivity index (χ3n) is 3.49. The van der Waals surface area contributed by atoms with E-state index in [1.165, 1.54) is 31.3 Å². The topological polar surface area (TPSA) is 43.8 Å². The van der Waals surface area contributed by atoms with Crippen molar-refractivity contribution in [3.63, 3.8) is 0 Å². The maximum atomic E-state index is 6.37. The predicted octanol–water partition coefficient (Wildman–Crippen LogP) is 3.95. The first kappa shape index (κ1) is 13.8. The Morgan fingerprint density at radius 3 is 3.00 bits per heavy atom. The smallest absolute Gasteiger partial charge is 0.0696 e. The van der Waals surface area contributed by atoms with Crippen molar-refractivity contribution in [2.24, 2.45) is 5.73 Å². The van der Waals surface area contributed by atoms with E-state index in [9.17, 15) is 0 Å². The average Bonchev–Trinajstić information content (AvgIpc) is 2.72. The molecule has 1 unspecified atom stereocenters. The van der Waals surface area contributed by atoms with Gasteiger partial charge in [0.05, 0.1) is 22.4 Å². The number of hydrogen-bond acceptors (Lipinski definition) is 2. The molecule has 0 radical (unpaired) electrons. The van der Waals surface area contributed by atoms with Gasteiger partial charge in [0.25, 0.3) is 0 Å². The van der Waals surface area contributed by atoms with Crippen molar-refractivity contribution < 1.29 is 0 Å². The van der Waals surface area contributed by atoms with E-state index >= 15 is 0 Å². The van der Waals surface area contributed by atoms with E-state index in [-0.39, 0.29) is 6.04 Å².